The maximum atomic E-state index is 11.7. The molecule has 1 aliphatic rings. The molecule has 1 unspecified atom stereocenters. The predicted octanol–water partition coefficient (Wildman–Crippen LogP) is 1.51. The molecule has 0 heterocycles. The lowest BCUT2D eigenvalue weighted by atomic mass is 10.1. The van der Waals surface area contributed by atoms with Crippen LogP contribution in [-0.4, -0.2) is 50.2 Å². The van der Waals surface area contributed by atoms with Gasteiger partial charge in [-0.1, -0.05) is 20.8 Å². The summed E-state index contributed by atoms with van der Waals surface area (Å²) in [4.78, 5) is 14.0. The van der Waals surface area contributed by atoms with Gasteiger partial charge in [0.05, 0.1) is 13.2 Å². The van der Waals surface area contributed by atoms with Gasteiger partial charge in [-0.15, -0.1) is 0 Å². The molecular formula is C14H28N2O2. The molecule has 0 bridgehead atoms. The van der Waals surface area contributed by atoms with E-state index in [0.717, 1.165) is 26.2 Å². The van der Waals surface area contributed by atoms with E-state index in [4.69, 9.17) is 4.74 Å². The molecule has 0 spiro atoms. The number of amides is 1. The number of likely N-dealkylation sites (N-methyl/N-ethyl adjacent to an activating group) is 1. The van der Waals surface area contributed by atoms with Gasteiger partial charge in [-0.3, -0.25) is 4.79 Å². The minimum atomic E-state index is 0.181. The van der Waals surface area contributed by atoms with E-state index in [0.29, 0.717) is 19.1 Å². The predicted molar refractivity (Wildman–Crippen MR) is 73.5 cm³/mol. The van der Waals surface area contributed by atoms with Crippen LogP contribution in [0.2, 0.25) is 0 Å². The Morgan fingerprint density at radius 2 is 2.00 bits per heavy atom. The van der Waals surface area contributed by atoms with Gasteiger partial charge in [-0.2, -0.15) is 0 Å². The van der Waals surface area contributed by atoms with E-state index in [2.05, 4.69) is 24.1 Å². The number of ether oxygens (including phenoxy) is 1. The third-order valence-electron chi connectivity index (χ3n) is 3.73. The highest BCUT2D eigenvalue weighted by molar-refractivity contribution is 5.78. The Balaban J connectivity index is 1.93. The van der Waals surface area contributed by atoms with Crippen molar-refractivity contribution in [2.75, 3.05) is 39.4 Å². The first kappa shape index (κ1) is 15.4. The first-order chi connectivity index (χ1) is 8.69. The molecule has 1 N–H and O–H groups in total. The van der Waals surface area contributed by atoms with Crippen LogP contribution in [0.3, 0.4) is 0 Å². The van der Waals surface area contributed by atoms with Gasteiger partial charge in [0.25, 0.3) is 0 Å². The zero-order valence-electron chi connectivity index (χ0n) is 12.1. The first-order valence-corrected chi connectivity index (χ1v) is 7.26. The lowest BCUT2D eigenvalue weighted by Gasteiger charge is -2.17. The van der Waals surface area contributed by atoms with Gasteiger partial charge in [0.1, 0.15) is 0 Å². The highest BCUT2D eigenvalue weighted by Gasteiger charge is 2.32. The molecule has 1 aliphatic carbocycles. The van der Waals surface area contributed by atoms with Crippen molar-refractivity contribution in [2.24, 2.45) is 11.8 Å². The summed E-state index contributed by atoms with van der Waals surface area (Å²) in [6.07, 6.45) is 2.43. The molecule has 0 aliphatic heterocycles. The monoisotopic (exact) mass is 256 g/mol. The topological polar surface area (TPSA) is 41.6 Å². The van der Waals surface area contributed by atoms with Gasteiger partial charge in [-0.05, 0) is 31.8 Å². The molecule has 1 fully saturated rings. The molecule has 18 heavy (non-hydrogen) atoms. The van der Waals surface area contributed by atoms with Crippen molar-refractivity contribution in [2.45, 2.75) is 33.6 Å². The second kappa shape index (κ2) is 8.48. The summed E-state index contributed by atoms with van der Waals surface area (Å²) in [5, 5.41) is 2.94. The SMILES string of the molecule is CCN(CC)CCOCCNC(=O)C(C)C1CC1. The Hall–Kier alpha value is -0.610. The first-order valence-electron chi connectivity index (χ1n) is 7.26. The van der Waals surface area contributed by atoms with E-state index < -0.39 is 0 Å². The highest BCUT2D eigenvalue weighted by atomic mass is 16.5. The minimum Gasteiger partial charge on any atom is -0.378 e. The smallest absolute Gasteiger partial charge is 0.223 e. The molecule has 1 amide bonds. The maximum absolute atomic E-state index is 11.7. The van der Waals surface area contributed by atoms with Crippen LogP contribution in [0.1, 0.15) is 33.6 Å². The van der Waals surface area contributed by atoms with Crippen molar-refractivity contribution in [3.8, 4) is 0 Å². The molecule has 0 saturated heterocycles. The van der Waals surface area contributed by atoms with E-state index >= 15 is 0 Å². The lowest BCUT2D eigenvalue weighted by Crippen LogP contribution is -2.33. The molecule has 0 aromatic heterocycles. The van der Waals surface area contributed by atoms with Gasteiger partial charge < -0.3 is 15.0 Å². The molecule has 0 aromatic rings. The second-order valence-electron chi connectivity index (χ2n) is 5.06. The zero-order chi connectivity index (χ0) is 13.4. The van der Waals surface area contributed by atoms with Gasteiger partial charge in [0.2, 0.25) is 5.91 Å². The van der Waals surface area contributed by atoms with Crippen LogP contribution < -0.4 is 5.32 Å². The third kappa shape index (κ3) is 5.83. The van der Waals surface area contributed by atoms with Crippen LogP contribution in [0, 0.1) is 11.8 Å². The van der Waals surface area contributed by atoms with Gasteiger partial charge in [-0.25, -0.2) is 0 Å². The Morgan fingerprint density at radius 3 is 2.56 bits per heavy atom. The van der Waals surface area contributed by atoms with Crippen molar-refractivity contribution in [1.82, 2.24) is 10.2 Å². The average molecular weight is 256 g/mol. The maximum Gasteiger partial charge on any atom is 0.223 e. The summed E-state index contributed by atoms with van der Waals surface area (Å²) in [5.74, 6) is 0.999. The van der Waals surface area contributed by atoms with Crippen molar-refractivity contribution in [3.05, 3.63) is 0 Å². The zero-order valence-corrected chi connectivity index (χ0v) is 12.1. The molecule has 4 nitrogen and oxygen atoms in total. The second-order valence-corrected chi connectivity index (χ2v) is 5.06. The summed E-state index contributed by atoms with van der Waals surface area (Å²) < 4.78 is 5.52. The Kier molecular flexibility index (Phi) is 7.28. The minimum absolute atomic E-state index is 0.181. The van der Waals surface area contributed by atoms with Crippen molar-refractivity contribution in [3.63, 3.8) is 0 Å². The van der Waals surface area contributed by atoms with Crippen LogP contribution in [0.4, 0.5) is 0 Å². The molecule has 0 radical (unpaired) electrons. The number of carbonyl (C=O) groups is 1. The van der Waals surface area contributed by atoms with Crippen LogP contribution in [-0.2, 0) is 9.53 Å². The summed E-state index contributed by atoms with van der Waals surface area (Å²) in [7, 11) is 0. The summed E-state index contributed by atoms with van der Waals surface area (Å²) in [5.41, 5.74) is 0. The van der Waals surface area contributed by atoms with Crippen molar-refractivity contribution in [1.29, 1.82) is 0 Å². The molecule has 4 heteroatoms. The van der Waals surface area contributed by atoms with E-state index in [1.165, 1.54) is 12.8 Å². The Morgan fingerprint density at radius 1 is 1.33 bits per heavy atom. The fourth-order valence-electron chi connectivity index (χ4n) is 2.05. The van der Waals surface area contributed by atoms with Crippen LogP contribution in [0.5, 0.6) is 0 Å². The fourth-order valence-corrected chi connectivity index (χ4v) is 2.05. The normalized spacial score (nSPS) is 16.9. The van der Waals surface area contributed by atoms with E-state index in [9.17, 15) is 4.79 Å². The average Bonchev–Trinajstić information content (AvgIpc) is 3.21. The number of hydrogen-bond acceptors (Lipinski definition) is 3. The lowest BCUT2D eigenvalue weighted by molar-refractivity contribution is -0.125. The van der Waals surface area contributed by atoms with E-state index in [1.54, 1.807) is 0 Å². The highest BCUT2D eigenvalue weighted by Crippen LogP contribution is 2.36. The van der Waals surface area contributed by atoms with Gasteiger partial charge >= 0.3 is 0 Å². The molecule has 1 rings (SSSR count). The Labute approximate surface area is 111 Å². The van der Waals surface area contributed by atoms with Gasteiger partial charge in [0, 0.05) is 19.0 Å². The van der Waals surface area contributed by atoms with Crippen molar-refractivity contribution >= 4 is 5.91 Å². The Bertz CT molecular complexity index is 238. The number of rotatable bonds is 10. The number of nitrogens with one attached hydrogen (secondary N) is 1. The summed E-state index contributed by atoms with van der Waals surface area (Å²) in [6, 6.07) is 0. The summed E-state index contributed by atoms with van der Waals surface area (Å²) in [6.45, 7) is 11.4. The quantitative estimate of drug-likeness (QED) is 0.602. The standard InChI is InChI=1S/C14H28N2O2/c1-4-16(5-2)9-11-18-10-8-15-14(17)12(3)13-6-7-13/h12-13H,4-11H2,1-3H3,(H,15,17). The van der Waals surface area contributed by atoms with Gasteiger partial charge in [0.15, 0.2) is 0 Å². The number of nitrogens with zero attached hydrogens (tertiary/aromatic N) is 1. The number of carbonyl (C=O) groups excluding carboxylic acids is 1. The molecule has 106 valence electrons. The molecule has 1 saturated carbocycles. The molecular weight excluding hydrogens is 228 g/mol. The molecule has 1 atom stereocenters. The van der Waals surface area contributed by atoms with Crippen LogP contribution in [0.25, 0.3) is 0 Å². The summed E-state index contributed by atoms with van der Waals surface area (Å²) >= 11 is 0. The third-order valence-corrected chi connectivity index (χ3v) is 3.73. The van der Waals surface area contributed by atoms with E-state index in [-0.39, 0.29) is 11.8 Å². The number of hydrogen-bond donors (Lipinski definition) is 1. The van der Waals surface area contributed by atoms with Crippen LogP contribution >= 0.6 is 0 Å². The van der Waals surface area contributed by atoms with Crippen LogP contribution in [0.15, 0.2) is 0 Å². The largest absolute Gasteiger partial charge is 0.378 e. The van der Waals surface area contributed by atoms with E-state index in [1.807, 2.05) is 6.92 Å². The van der Waals surface area contributed by atoms with Crippen molar-refractivity contribution < 1.29 is 9.53 Å². The molecule has 0 aromatic carbocycles. The fraction of sp³-hybridized carbons (Fsp3) is 0.929.